The maximum atomic E-state index is 11.6. The third-order valence-electron chi connectivity index (χ3n) is 2.60. The lowest BCUT2D eigenvalue weighted by Crippen LogP contribution is -2.43. The zero-order valence-electron chi connectivity index (χ0n) is 11.0. The van der Waals surface area contributed by atoms with Gasteiger partial charge in [-0.3, -0.25) is 9.59 Å². The van der Waals surface area contributed by atoms with Crippen LogP contribution in [0.1, 0.15) is 13.3 Å². The van der Waals surface area contributed by atoms with E-state index in [2.05, 4.69) is 10.6 Å². The van der Waals surface area contributed by atoms with E-state index in [0.717, 1.165) is 0 Å². The number of aliphatic hydroxyl groups is 1. The van der Waals surface area contributed by atoms with Crippen LogP contribution in [-0.4, -0.2) is 36.7 Å². The summed E-state index contributed by atoms with van der Waals surface area (Å²) < 4.78 is 4.98. The molecule has 0 bridgehead atoms. The Kier molecular flexibility index (Phi) is 5.81. The first-order valence-electron chi connectivity index (χ1n) is 5.97. The van der Waals surface area contributed by atoms with Gasteiger partial charge in [0.15, 0.2) is 0 Å². The van der Waals surface area contributed by atoms with E-state index < -0.39 is 17.9 Å². The highest BCUT2D eigenvalue weighted by molar-refractivity contribution is 6.39. The average molecular weight is 266 g/mol. The first-order chi connectivity index (χ1) is 9.10. The predicted molar refractivity (Wildman–Crippen MR) is 70.9 cm³/mol. The predicted octanol–water partition coefficient (Wildman–Crippen LogP) is 0.521. The Morgan fingerprint density at radius 3 is 2.37 bits per heavy atom. The second-order valence-electron chi connectivity index (χ2n) is 3.94. The van der Waals surface area contributed by atoms with Crippen LogP contribution in [0.15, 0.2) is 24.3 Å². The fraction of sp³-hybridized carbons (Fsp3) is 0.385. The Labute approximate surface area is 111 Å². The second kappa shape index (κ2) is 7.38. The summed E-state index contributed by atoms with van der Waals surface area (Å²) in [6.07, 6.45) is 0.554. The molecular formula is C13H18N2O4. The van der Waals surface area contributed by atoms with Gasteiger partial charge in [0.25, 0.3) is 0 Å². The summed E-state index contributed by atoms with van der Waals surface area (Å²) in [5, 5.41) is 13.8. The number of aliphatic hydroxyl groups excluding tert-OH is 1. The molecule has 0 aliphatic heterocycles. The van der Waals surface area contributed by atoms with Crippen molar-refractivity contribution in [1.29, 1.82) is 0 Å². The Hall–Kier alpha value is -2.08. The van der Waals surface area contributed by atoms with Crippen LogP contribution >= 0.6 is 0 Å². The highest BCUT2D eigenvalue weighted by atomic mass is 16.5. The molecule has 0 radical (unpaired) electrons. The topological polar surface area (TPSA) is 87.7 Å². The Balaban J connectivity index is 2.55. The monoisotopic (exact) mass is 266 g/mol. The number of ether oxygens (including phenoxy) is 1. The standard InChI is InChI=1S/C13H18N2O4/c1-3-9(8-16)14-12(17)13(18)15-10-4-6-11(19-2)7-5-10/h4-7,9,16H,3,8H2,1-2H3,(H,14,17)(H,15,18)/t9-/m0/s1. The normalized spacial score (nSPS) is 11.5. The van der Waals surface area contributed by atoms with E-state index in [1.807, 2.05) is 6.92 Å². The van der Waals surface area contributed by atoms with Gasteiger partial charge in [0.2, 0.25) is 0 Å². The fourth-order valence-corrected chi connectivity index (χ4v) is 1.39. The summed E-state index contributed by atoms with van der Waals surface area (Å²) in [5.41, 5.74) is 0.498. The van der Waals surface area contributed by atoms with Gasteiger partial charge < -0.3 is 20.5 Å². The van der Waals surface area contributed by atoms with Gasteiger partial charge in [0.05, 0.1) is 19.8 Å². The van der Waals surface area contributed by atoms with E-state index in [4.69, 9.17) is 9.84 Å². The summed E-state index contributed by atoms with van der Waals surface area (Å²) in [6, 6.07) is 6.21. The molecule has 0 saturated carbocycles. The lowest BCUT2D eigenvalue weighted by atomic mass is 10.2. The van der Waals surface area contributed by atoms with Crippen molar-refractivity contribution in [2.45, 2.75) is 19.4 Å². The highest BCUT2D eigenvalue weighted by Gasteiger charge is 2.17. The SMILES string of the molecule is CC[C@@H](CO)NC(=O)C(=O)Nc1ccc(OC)cc1. The van der Waals surface area contributed by atoms with Gasteiger partial charge >= 0.3 is 11.8 Å². The van der Waals surface area contributed by atoms with Crippen molar-refractivity contribution in [3.63, 3.8) is 0 Å². The quantitative estimate of drug-likeness (QED) is 0.678. The van der Waals surface area contributed by atoms with Crippen molar-refractivity contribution in [1.82, 2.24) is 5.32 Å². The zero-order valence-corrected chi connectivity index (χ0v) is 11.0. The van der Waals surface area contributed by atoms with E-state index in [1.54, 1.807) is 31.4 Å². The minimum Gasteiger partial charge on any atom is -0.497 e. The first-order valence-corrected chi connectivity index (χ1v) is 5.97. The molecule has 0 aliphatic rings. The molecule has 6 nitrogen and oxygen atoms in total. The number of hydrogen-bond acceptors (Lipinski definition) is 4. The number of amides is 2. The van der Waals surface area contributed by atoms with Crippen molar-refractivity contribution in [2.24, 2.45) is 0 Å². The van der Waals surface area contributed by atoms with E-state index in [0.29, 0.717) is 17.9 Å². The van der Waals surface area contributed by atoms with Crippen LogP contribution in [0.4, 0.5) is 5.69 Å². The molecule has 0 aromatic heterocycles. The molecule has 0 unspecified atom stereocenters. The smallest absolute Gasteiger partial charge is 0.313 e. The van der Waals surface area contributed by atoms with Crippen LogP contribution in [0.5, 0.6) is 5.75 Å². The van der Waals surface area contributed by atoms with Gasteiger partial charge in [-0.2, -0.15) is 0 Å². The average Bonchev–Trinajstić information content (AvgIpc) is 2.45. The van der Waals surface area contributed by atoms with E-state index in [-0.39, 0.29) is 6.61 Å². The molecule has 0 aliphatic carbocycles. The Morgan fingerprint density at radius 2 is 1.89 bits per heavy atom. The zero-order chi connectivity index (χ0) is 14.3. The van der Waals surface area contributed by atoms with Gasteiger partial charge in [-0.05, 0) is 30.7 Å². The van der Waals surface area contributed by atoms with Crippen LogP contribution in [0.3, 0.4) is 0 Å². The van der Waals surface area contributed by atoms with Gasteiger partial charge in [0, 0.05) is 5.69 Å². The molecule has 0 saturated heterocycles. The van der Waals surface area contributed by atoms with Crippen molar-refractivity contribution in [3.05, 3.63) is 24.3 Å². The molecule has 1 atom stereocenters. The molecule has 0 heterocycles. The van der Waals surface area contributed by atoms with Crippen molar-refractivity contribution in [3.8, 4) is 5.75 Å². The van der Waals surface area contributed by atoms with Crippen LogP contribution in [0.2, 0.25) is 0 Å². The summed E-state index contributed by atoms with van der Waals surface area (Å²) in [4.78, 5) is 23.1. The number of anilines is 1. The van der Waals surface area contributed by atoms with Crippen LogP contribution in [-0.2, 0) is 9.59 Å². The number of rotatable bonds is 5. The molecular weight excluding hydrogens is 248 g/mol. The minimum atomic E-state index is -0.767. The number of methoxy groups -OCH3 is 1. The summed E-state index contributed by atoms with van der Waals surface area (Å²) in [5.74, 6) is -0.873. The van der Waals surface area contributed by atoms with Crippen LogP contribution in [0.25, 0.3) is 0 Å². The summed E-state index contributed by atoms with van der Waals surface area (Å²) in [6.45, 7) is 1.61. The maximum Gasteiger partial charge on any atom is 0.313 e. The minimum absolute atomic E-state index is 0.196. The molecule has 104 valence electrons. The van der Waals surface area contributed by atoms with Gasteiger partial charge in [-0.15, -0.1) is 0 Å². The number of benzene rings is 1. The van der Waals surface area contributed by atoms with Gasteiger partial charge in [-0.1, -0.05) is 6.92 Å². The van der Waals surface area contributed by atoms with Gasteiger partial charge in [0.1, 0.15) is 5.75 Å². The highest BCUT2D eigenvalue weighted by Crippen LogP contribution is 2.14. The van der Waals surface area contributed by atoms with E-state index in [1.165, 1.54) is 0 Å². The van der Waals surface area contributed by atoms with Crippen LogP contribution < -0.4 is 15.4 Å². The molecule has 19 heavy (non-hydrogen) atoms. The largest absolute Gasteiger partial charge is 0.497 e. The molecule has 0 fully saturated rings. The van der Waals surface area contributed by atoms with E-state index >= 15 is 0 Å². The molecule has 1 aromatic rings. The molecule has 0 spiro atoms. The third-order valence-corrected chi connectivity index (χ3v) is 2.60. The van der Waals surface area contributed by atoms with Crippen LogP contribution in [0, 0.1) is 0 Å². The molecule has 6 heteroatoms. The number of carbonyl (C=O) groups excluding carboxylic acids is 2. The number of nitrogens with one attached hydrogen (secondary N) is 2. The number of hydrogen-bond donors (Lipinski definition) is 3. The Morgan fingerprint density at radius 1 is 1.26 bits per heavy atom. The van der Waals surface area contributed by atoms with Crippen molar-refractivity contribution >= 4 is 17.5 Å². The van der Waals surface area contributed by atoms with Crippen molar-refractivity contribution in [2.75, 3.05) is 19.0 Å². The second-order valence-corrected chi connectivity index (χ2v) is 3.94. The first kappa shape index (κ1) is 15.0. The number of carbonyl (C=O) groups is 2. The summed E-state index contributed by atoms with van der Waals surface area (Å²) >= 11 is 0. The Bertz CT molecular complexity index is 427. The molecule has 2 amide bonds. The molecule has 1 aromatic carbocycles. The molecule has 1 rings (SSSR count). The lowest BCUT2D eigenvalue weighted by molar-refractivity contribution is -0.136. The van der Waals surface area contributed by atoms with E-state index in [9.17, 15) is 9.59 Å². The van der Waals surface area contributed by atoms with Gasteiger partial charge in [-0.25, -0.2) is 0 Å². The lowest BCUT2D eigenvalue weighted by Gasteiger charge is -2.13. The summed E-state index contributed by atoms with van der Waals surface area (Å²) in [7, 11) is 1.54. The molecule has 3 N–H and O–H groups in total. The van der Waals surface area contributed by atoms with Crippen molar-refractivity contribution < 1.29 is 19.4 Å². The maximum absolute atomic E-state index is 11.6. The fourth-order valence-electron chi connectivity index (χ4n) is 1.39. The third kappa shape index (κ3) is 4.59.